The minimum absolute atomic E-state index is 0.0371. The number of carboxylic acids is 1. The maximum atomic E-state index is 13.4. The molecule has 11 nitrogen and oxygen atoms in total. The van der Waals surface area contributed by atoms with Crippen molar-refractivity contribution in [3.63, 3.8) is 0 Å². The van der Waals surface area contributed by atoms with Crippen LogP contribution in [0.3, 0.4) is 0 Å². The number of carboxylic acid groups (broad SMARTS) is 1. The van der Waals surface area contributed by atoms with Crippen molar-refractivity contribution in [2.24, 2.45) is 50.2 Å². The second kappa shape index (κ2) is 15.0. The summed E-state index contributed by atoms with van der Waals surface area (Å²) in [6, 6.07) is 15.7. The zero-order valence-corrected chi connectivity index (χ0v) is 36.4. The Morgan fingerprint density at radius 2 is 1.57 bits per heavy atom. The lowest BCUT2D eigenvalue weighted by molar-refractivity contribution is -0.808. The Hall–Kier alpha value is -4.67. The van der Waals surface area contributed by atoms with Crippen LogP contribution in [-0.4, -0.2) is 34.3 Å². The fourth-order valence-corrected chi connectivity index (χ4v) is 13.4. The number of allylic oxidation sites excluding steroid dienone is 2. The zero-order chi connectivity index (χ0) is 42.9. The molecular formula is C49H62N2O9. The van der Waals surface area contributed by atoms with Crippen LogP contribution in [0.25, 0.3) is 11.3 Å². The first kappa shape index (κ1) is 42.0. The molecule has 0 unspecified atom stereocenters. The Morgan fingerprint density at radius 3 is 2.32 bits per heavy atom. The Balaban J connectivity index is 0.883. The molecule has 0 aliphatic heterocycles. The average Bonchev–Trinajstić information content (AvgIpc) is 3.57. The van der Waals surface area contributed by atoms with E-state index in [4.69, 9.17) is 18.8 Å². The summed E-state index contributed by atoms with van der Waals surface area (Å²) in [6.45, 7) is 16.5. The monoisotopic (exact) mass is 822 g/mol. The van der Waals surface area contributed by atoms with E-state index in [1.54, 1.807) is 24.3 Å². The Labute approximate surface area is 353 Å². The average molecular weight is 823 g/mol. The molecular weight excluding hydrogens is 761 g/mol. The first-order chi connectivity index (χ1) is 28.3. The van der Waals surface area contributed by atoms with Gasteiger partial charge in [-0.15, -0.1) is 0 Å². The van der Waals surface area contributed by atoms with Gasteiger partial charge in [-0.3, -0.25) is 19.0 Å². The van der Waals surface area contributed by atoms with Gasteiger partial charge < -0.3 is 24.5 Å². The molecule has 0 spiro atoms. The molecule has 0 saturated heterocycles. The summed E-state index contributed by atoms with van der Waals surface area (Å²) in [5, 5.41) is 26.9. The molecule has 8 atom stereocenters. The van der Waals surface area contributed by atoms with Gasteiger partial charge in [-0.1, -0.05) is 96.5 Å². The van der Waals surface area contributed by atoms with Gasteiger partial charge in [0.1, 0.15) is 17.6 Å². The molecule has 1 N–H and O–H groups in total. The third-order valence-corrected chi connectivity index (χ3v) is 17.0. The van der Waals surface area contributed by atoms with E-state index in [1.165, 1.54) is 5.57 Å². The van der Waals surface area contributed by atoms with Crippen molar-refractivity contribution >= 4 is 17.9 Å². The van der Waals surface area contributed by atoms with Gasteiger partial charge in [0.25, 0.3) is 5.69 Å². The van der Waals surface area contributed by atoms with Crippen molar-refractivity contribution in [3.05, 3.63) is 77.1 Å². The van der Waals surface area contributed by atoms with Crippen molar-refractivity contribution in [3.8, 4) is 22.8 Å². The quantitative estimate of drug-likeness (QED) is 0.0905. The highest BCUT2D eigenvalue weighted by molar-refractivity contribution is 5.79. The normalized spacial score (nSPS) is 33.8. The fourth-order valence-electron chi connectivity index (χ4n) is 13.4. The summed E-state index contributed by atoms with van der Waals surface area (Å²) >= 11 is 0. The Morgan fingerprint density at radius 1 is 0.850 bits per heavy atom. The van der Waals surface area contributed by atoms with Crippen molar-refractivity contribution in [1.29, 1.82) is 0 Å². The molecule has 2 aromatic carbocycles. The van der Waals surface area contributed by atoms with Crippen LogP contribution in [0, 0.1) is 55.5 Å². The standard InChI is InChI=1S/C49H62N2O9/c1-44(2)24-26-49(43(54)55)27-25-47(6)34(35(49)29-44)16-17-38-46(5)22-21-39(45(3,4)37(46)20-23-48(38,47)7)59-41(53)19-18-40(52)58-33-15-11-14-32(28-33)57-30-36-42(50-60-51(36)56)31-12-9-8-10-13-31/h8-16,28,35,37-39H,17-27,29-30H2,1-7H3,(H,54,55)/t35-,37-,38+,39-,46-,47+,48+,49-/m0/s1. The highest BCUT2D eigenvalue weighted by atomic mass is 16.8. The number of carbonyl (C=O) groups excluding carboxylic acids is 2. The van der Waals surface area contributed by atoms with E-state index in [0.29, 0.717) is 33.7 Å². The molecule has 0 radical (unpaired) electrons. The molecule has 60 heavy (non-hydrogen) atoms. The number of rotatable bonds is 10. The van der Waals surface area contributed by atoms with Crippen LogP contribution in [0.15, 0.2) is 70.9 Å². The molecule has 322 valence electrons. The predicted octanol–water partition coefficient (Wildman–Crippen LogP) is 10.0. The zero-order valence-electron chi connectivity index (χ0n) is 36.4. The number of fused-ring (bicyclic) bond motifs is 7. The van der Waals surface area contributed by atoms with Crippen LogP contribution < -0.4 is 14.4 Å². The summed E-state index contributed by atoms with van der Waals surface area (Å²) in [6.07, 6.45) is 11.1. The van der Waals surface area contributed by atoms with E-state index in [9.17, 15) is 24.7 Å². The topological polar surface area (TPSA) is 152 Å². The smallest absolute Gasteiger partial charge is 0.311 e. The number of carbonyl (C=O) groups is 3. The van der Waals surface area contributed by atoms with Crippen LogP contribution in [0.2, 0.25) is 0 Å². The van der Waals surface area contributed by atoms with Gasteiger partial charge in [0.05, 0.1) is 18.3 Å². The van der Waals surface area contributed by atoms with Crippen LogP contribution >= 0.6 is 0 Å². The van der Waals surface area contributed by atoms with Gasteiger partial charge in [0.15, 0.2) is 6.61 Å². The Kier molecular flexibility index (Phi) is 10.5. The molecule has 1 heterocycles. The highest BCUT2D eigenvalue weighted by Gasteiger charge is 2.69. The number of ether oxygens (including phenoxy) is 3. The lowest BCUT2D eigenvalue weighted by Gasteiger charge is -2.71. The number of hydrogen-bond acceptors (Lipinski definition) is 9. The molecule has 11 heteroatoms. The predicted molar refractivity (Wildman–Crippen MR) is 223 cm³/mol. The number of benzene rings is 2. The molecule has 1 aromatic heterocycles. The summed E-state index contributed by atoms with van der Waals surface area (Å²) in [5.74, 6) is -0.0691. The second-order valence-corrected chi connectivity index (χ2v) is 20.8. The number of hydrogen-bond donors (Lipinski definition) is 1. The van der Waals surface area contributed by atoms with Gasteiger partial charge in [0.2, 0.25) is 5.69 Å². The number of aromatic nitrogens is 2. The van der Waals surface area contributed by atoms with E-state index in [2.05, 4.69) is 59.7 Å². The van der Waals surface area contributed by atoms with Crippen LogP contribution in [0.1, 0.15) is 131 Å². The number of esters is 2. The number of aliphatic carboxylic acids is 1. The SMILES string of the molecule is CC1(C)CC[C@]2(C(=O)O)CC[C@]3(C)C(=CC[C@@H]4[C@@]5(C)CC[C@H](OC(=O)CCC(=O)Oc6cccc(OCc7c(-c8ccccc8)no[n+]7[O-])c6)C(C)(C)[C@@H]5CC[C@]43C)[C@@H]2C1. The van der Waals surface area contributed by atoms with Crippen LogP contribution in [-0.2, 0) is 25.7 Å². The van der Waals surface area contributed by atoms with Gasteiger partial charge in [0, 0.05) is 22.2 Å². The van der Waals surface area contributed by atoms with Gasteiger partial charge in [-0.25, -0.2) is 0 Å². The Bertz CT molecular complexity index is 2180. The van der Waals surface area contributed by atoms with Gasteiger partial charge in [-0.05, 0) is 121 Å². The van der Waals surface area contributed by atoms with E-state index in [-0.39, 0.29) is 70.0 Å². The van der Waals surface area contributed by atoms with Crippen molar-refractivity contribution in [2.75, 3.05) is 0 Å². The van der Waals surface area contributed by atoms with Crippen molar-refractivity contribution < 1.29 is 43.2 Å². The third kappa shape index (κ3) is 6.91. The lowest BCUT2D eigenvalue weighted by atomic mass is 9.33. The third-order valence-electron chi connectivity index (χ3n) is 17.0. The molecule has 0 bridgehead atoms. The molecule has 0 amide bonds. The summed E-state index contributed by atoms with van der Waals surface area (Å²) in [7, 11) is 0. The molecule has 3 aromatic rings. The van der Waals surface area contributed by atoms with E-state index < -0.39 is 23.3 Å². The van der Waals surface area contributed by atoms with E-state index >= 15 is 0 Å². The molecule has 5 aliphatic carbocycles. The minimum atomic E-state index is -0.649. The summed E-state index contributed by atoms with van der Waals surface area (Å²) in [5.41, 5.74) is 1.97. The van der Waals surface area contributed by atoms with Crippen molar-refractivity contribution in [1.82, 2.24) is 5.16 Å². The van der Waals surface area contributed by atoms with E-state index in [1.807, 2.05) is 30.3 Å². The first-order valence-electron chi connectivity index (χ1n) is 22.0. The summed E-state index contributed by atoms with van der Waals surface area (Å²) in [4.78, 5) is 39.7. The van der Waals surface area contributed by atoms with Crippen LogP contribution in [0.4, 0.5) is 0 Å². The van der Waals surface area contributed by atoms with E-state index in [0.717, 1.165) is 64.2 Å². The maximum absolute atomic E-state index is 13.4. The summed E-state index contributed by atoms with van der Waals surface area (Å²) < 4.78 is 22.5. The molecule has 4 saturated carbocycles. The van der Waals surface area contributed by atoms with Crippen molar-refractivity contribution in [2.45, 2.75) is 138 Å². The van der Waals surface area contributed by atoms with Gasteiger partial charge in [-0.2, -0.15) is 0 Å². The molecule has 4 fully saturated rings. The van der Waals surface area contributed by atoms with Crippen LogP contribution in [0.5, 0.6) is 11.5 Å². The highest BCUT2D eigenvalue weighted by Crippen LogP contribution is 2.76. The largest absolute Gasteiger partial charge is 0.485 e. The first-order valence-corrected chi connectivity index (χ1v) is 22.0. The van der Waals surface area contributed by atoms with Gasteiger partial charge >= 0.3 is 17.9 Å². The second-order valence-electron chi connectivity index (χ2n) is 20.8. The molecule has 8 rings (SSSR count). The molecule has 5 aliphatic rings. The lowest BCUT2D eigenvalue weighted by Crippen LogP contribution is -2.65. The maximum Gasteiger partial charge on any atom is 0.311 e. The minimum Gasteiger partial charge on any atom is -0.485 e. The fraction of sp³-hybridized carbons (Fsp3) is 0.612. The number of nitrogens with zero attached hydrogens (tertiary/aromatic N) is 2.